The minimum Gasteiger partial charge on any atom is -0.469 e. The van der Waals surface area contributed by atoms with Crippen LogP contribution in [0.2, 0.25) is 0 Å². The molecule has 0 aliphatic heterocycles. The first kappa shape index (κ1) is 36.8. The molecule has 254 valence electrons. The normalized spacial score (nSPS) is 16.1. The molecule has 1 N–H and O–H groups in total. The van der Waals surface area contributed by atoms with Crippen molar-refractivity contribution in [2.75, 3.05) is 14.2 Å². The monoisotopic (exact) mass is 669 g/mol. The summed E-state index contributed by atoms with van der Waals surface area (Å²) in [7, 11) is 2.99. The Labute approximate surface area is 270 Å². The van der Waals surface area contributed by atoms with Crippen molar-refractivity contribution in [3.63, 3.8) is 0 Å². The summed E-state index contributed by atoms with van der Waals surface area (Å²) in [4.78, 5) is 64.3. The lowest BCUT2D eigenvalue weighted by atomic mass is 9.82. The first-order chi connectivity index (χ1) is 21.6. The standard InChI is InChI=1S/C31H42F3N5O6S/c1-17(2)24(39(5)27(41)11-20-8-7-9-20)13-25(45-19(4)40)29-38-23(16-46-29)28(42)37-22(10-18(3)30(43)44-6)12-26-35-14-21(15-36-26)31(32,33)34/h14-18,20,22,24-25H,7-13H2,1-6H3,(H,37,42)/t18?,22-,24?,25?/m1/s1. The van der Waals surface area contributed by atoms with E-state index in [0.717, 1.165) is 30.6 Å². The van der Waals surface area contributed by atoms with Crippen molar-refractivity contribution in [2.45, 2.75) is 97.0 Å². The Hall–Kier alpha value is -3.62. The molecule has 0 spiro atoms. The minimum absolute atomic E-state index is 0.0247. The maximum atomic E-state index is 13.3. The van der Waals surface area contributed by atoms with Gasteiger partial charge >= 0.3 is 18.1 Å². The van der Waals surface area contributed by atoms with Crippen LogP contribution in [0.3, 0.4) is 0 Å². The van der Waals surface area contributed by atoms with Gasteiger partial charge in [0.15, 0.2) is 6.10 Å². The number of nitrogens with one attached hydrogen (secondary N) is 1. The van der Waals surface area contributed by atoms with Crippen molar-refractivity contribution in [2.24, 2.45) is 17.8 Å². The summed E-state index contributed by atoms with van der Waals surface area (Å²) >= 11 is 1.12. The fraction of sp³-hybridized carbons (Fsp3) is 0.645. The van der Waals surface area contributed by atoms with E-state index in [4.69, 9.17) is 9.47 Å². The maximum absolute atomic E-state index is 13.3. The van der Waals surface area contributed by atoms with Crippen molar-refractivity contribution in [3.8, 4) is 0 Å². The fourth-order valence-corrected chi connectivity index (χ4v) is 6.15. The number of hydrogen-bond acceptors (Lipinski definition) is 10. The summed E-state index contributed by atoms with van der Waals surface area (Å²) < 4.78 is 49.3. The molecule has 46 heavy (non-hydrogen) atoms. The second-order valence-corrected chi connectivity index (χ2v) is 13.0. The lowest BCUT2D eigenvalue weighted by molar-refractivity contribution is -0.149. The highest BCUT2D eigenvalue weighted by Gasteiger charge is 2.33. The van der Waals surface area contributed by atoms with Crippen molar-refractivity contribution in [1.29, 1.82) is 0 Å². The number of nitrogens with zero attached hydrogens (tertiary/aromatic N) is 4. The summed E-state index contributed by atoms with van der Waals surface area (Å²) in [5.74, 6) is -1.80. The first-order valence-corrected chi connectivity index (χ1v) is 16.1. The number of carbonyl (C=O) groups excluding carboxylic acids is 4. The highest BCUT2D eigenvalue weighted by Crippen LogP contribution is 2.33. The van der Waals surface area contributed by atoms with Crippen LogP contribution in [0.4, 0.5) is 13.2 Å². The Morgan fingerprint density at radius 1 is 1.11 bits per heavy atom. The Morgan fingerprint density at radius 2 is 1.76 bits per heavy atom. The Kier molecular flexibility index (Phi) is 13.0. The van der Waals surface area contributed by atoms with E-state index in [1.54, 1.807) is 18.9 Å². The van der Waals surface area contributed by atoms with E-state index < -0.39 is 47.6 Å². The highest BCUT2D eigenvalue weighted by molar-refractivity contribution is 7.09. The van der Waals surface area contributed by atoms with Crippen LogP contribution in [0, 0.1) is 17.8 Å². The predicted molar refractivity (Wildman–Crippen MR) is 162 cm³/mol. The number of carbonyl (C=O) groups is 4. The summed E-state index contributed by atoms with van der Waals surface area (Å²) in [6.07, 6.45) is -0.0706. The third-order valence-corrected chi connectivity index (χ3v) is 9.12. The molecule has 2 aromatic heterocycles. The average molecular weight is 670 g/mol. The van der Waals surface area contributed by atoms with Crippen molar-refractivity contribution < 1.29 is 41.8 Å². The van der Waals surface area contributed by atoms with Crippen LogP contribution in [-0.4, -0.2) is 69.8 Å². The zero-order chi connectivity index (χ0) is 34.2. The molecule has 0 radical (unpaired) electrons. The number of esters is 2. The maximum Gasteiger partial charge on any atom is 0.419 e. The largest absolute Gasteiger partial charge is 0.469 e. The van der Waals surface area contributed by atoms with Crippen molar-refractivity contribution in [1.82, 2.24) is 25.2 Å². The van der Waals surface area contributed by atoms with Gasteiger partial charge in [-0.25, -0.2) is 15.0 Å². The number of methoxy groups -OCH3 is 1. The lowest BCUT2D eigenvalue weighted by Crippen LogP contribution is -2.42. The molecule has 2 amide bonds. The van der Waals surface area contributed by atoms with Gasteiger partial charge in [-0.05, 0) is 31.1 Å². The zero-order valence-corrected chi connectivity index (χ0v) is 27.7. The smallest absolute Gasteiger partial charge is 0.419 e. The van der Waals surface area contributed by atoms with Gasteiger partial charge in [0.25, 0.3) is 5.91 Å². The highest BCUT2D eigenvalue weighted by atomic mass is 32.1. The summed E-state index contributed by atoms with van der Waals surface area (Å²) in [6.45, 7) is 6.85. The summed E-state index contributed by atoms with van der Waals surface area (Å²) in [5, 5.41) is 4.66. The Morgan fingerprint density at radius 3 is 2.28 bits per heavy atom. The second kappa shape index (κ2) is 16.3. The van der Waals surface area contributed by atoms with E-state index in [0.29, 0.717) is 29.7 Å². The lowest BCUT2D eigenvalue weighted by Gasteiger charge is -2.35. The van der Waals surface area contributed by atoms with Gasteiger partial charge < -0.3 is 19.7 Å². The Bertz CT molecular complexity index is 1350. The molecule has 1 aliphatic rings. The third kappa shape index (κ3) is 10.5. The average Bonchev–Trinajstić information content (AvgIpc) is 3.46. The molecule has 1 fully saturated rings. The molecule has 2 heterocycles. The van der Waals surface area contributed by atoms with Gasteiger partial charge in [-0.2, -0.15) is 13.2 Å². The third-order valence-electron chi connectivity index (χ3n) is 8.18. The van der Waals surface area contributed by atoms with Crippen LogP contribution in [0.15, 0.2) is 17.8 Å². The van der Waals surface area contributed by atoms with Crippen molar-refractivity contribution >= 4 is 35.1 Å². The summed E-state index contributed by atoms with van der Waals surface area (Å²) in [6, 6.07) is -1.01. The van der Waals surface area contributed by atoms with Gasteiger partial charge in [0.05, 0.1) is 18.6 Å². The van der Waals surface area contributed by atoms with Gasteiger partial charge in [-0.1, -0.05) is 27.2 Å². The van der Waals surface area contributed by atoms with E-state index >= 15 is 0 Å². The SMILES string of the molecule is COC(=O)C(C)C[C@H](Cc1ncc(C(F)(F)F)cn1)NC(=O)c1csc(C(CC(C(C)C)N(C)C(=O)CC2CCC2)OC(C)=O)n1. The molecule has 0 bridgehead atoms. The zero-order valence-electron chi connectivity index (χ0n) is 26.9. The van der Waals surface area contributed by atoms with E-state index in [9.17, 15) is 32.3 Å². The second-order valence-electron chi connectivity index (χ2n) is 12.1. The van der Waals surface area contributed by atoms with Crippen LogP contribution in [0.5, 0.6) is 0 Å². The molecular weight excluding hydrogens is 627 g/mol. The van der Waals surface area contributed by atoms with Gasteiger partial charge in [0.1, 0.15) is 16.5 Å². The van der Waals surface area contributed by atoms with E-state index in [1.165, 1.54) is 19.4 Å². The van der Waals surface area contributed by atoms with Crippen LogP contribution in [-0.2, 0) is 36.5 Å². The number of thiazole rings is 1. The Balaban J connectivity index is 1.78. The van der Waals surface area contributed by atoms with Gasteiger partial charge in [-0.15, -0.1) is 11.3 Å². The molecule has 2 aromatic rings. The number of ether oxygens (including phenoxy) is 2. The molecule has 11 nitrogen and oxygen atoms in total. The molecule has 1 saturated carbocycles. The number of amides is 2. The molecule has 1 aliphatic carbocycles. The fourth-order valence-electron chi connectivity index (χ4n) is 5.31. The van der Waals surface area contributed by atoms with E-state index in [2.05, 4.69) is 20.3 Å². The van der Waals surface area contributed by atoms with Crippen molar-refractivity contribution in [3.05, 3.63) is 39.9 Å². The van der Waals surface area contributed by atoms with Gasteiger partial charge in [0.2, 0.25) is 5.91 Å². The minimum atomic E-state index is -4.60. The number of alkyl halides is 3. The van der Waals surface area contributed by atoms with E-state index in [-0.39, 0.29) is 48.6 Å². The van der Waals surface area contributed by atoms with Crippen LogP contribution in [0.25, 0.3) is 0 Å². The van der Waals surface area contributed by atoms with E-state index in [1.807, 2.05) is 13.8 Å². The number of hydrogen-bond donors (Lipinski definition) is 1. The summed E-state index contributed by atoms with van der Waals surface area (Å²) in [5.41, 5.74) is -0.984. The van der Waals surface area contributed by atoms with Crippen LogP contribution < -0.4 is 5.32 Å². The molecule has 0 aromatic carbocycles. The number of aromatic nitrogens is 3. The molecule has 15 heteroatoms. The van der Waals surface area contributed by atoms with Gasteiger partial charge in [0, 0.05) is 63.1 Å². The molecule has 3 rings (SSSR count). The van der Waals surface area contributed by atoms with Gasteiger partial charge in [-0.3, -0.25) is 19.2 Å². The molecule has 0 saturated heterocycles. The number of rotatable bonds is 15. The first-order valence-electron chi connectivity index (χ1n) is 15.2. The molecular formula is C31H42F3N5O6S. The quantitative estimate of drug-likeness (QED) is 0.255. The molecule has 3 unspecified atom stereocenters. The number of halogens is 3. The molecule has 4 atom stereocenters. The van der Waals surface area contributed by atoms with Crippen LogP contribution in [0.1, 0.15) is 99.2 Å². The predicted octanol–water partition coefficient (Wildman–Crippen LogP) is 5.16. The topological polar surface area (TPSA) is 141 Å². The van der Waals surface area contributed by atoms with Crippen LogP contribution >= 0.6 is 11.3 Å².